The Hall–Kier alpha value is -1.53. The van der Waals surface area contributed by atoms with Crippen molar-refractivity contribution in [2.24, 2.45) is 23.2 Å². The maximum absolute atomic E-state index is 12.8. The number of amides is 1. The van der Waals surface area contributed by atoms with E-state index in [2.05, 4.69) is 17.3 Å². The number of carbonyl (C=O) groups excluding carboxylic acids is 1. The van der Waals surface area contributed by atoms with E-state index in [1.165, 1.54) is 45.4 Å². The molecule has 4 aliphatic carbocycles. The molecule has 4 aliphatic rings. The van der Waals surface area contributed by atoms with E-state index < -0.39 is 11.9 Å². The SMILES string of the molecule is Cc1cc(C(F)(F)F)nn1CC(=O)N[C@H](C)C12CC3CC(CC(C3)C1)C2. The van der Waals surface area contributed by atoms with Crippen LogP contribution in [-0.4, -0.2) is 21.7 Å². The van der Waals surface area contributed by atoms with Gasteiger partial charge in [-0.15, -0.1) is 0 Å². The van der Waals surface area contributed by atoms with Crippen molar-refractivity contribution < 1.29 is 18.0 Å². The minimum absolute atomic E-state index is 0.0568. The normalized spacial score (nSPS) is 34.1. The highest BCUT2D eigenvalue weighted by Gasteiger charge is 2.53. The first-order valence-corrected chi connectivity index (χ1v) is 9.56. The molecule has 144 valence electrons. The van der Waals surface area contributed by atoms with Gasteiger partial charge >= 0.3 is 6.18 Å². The first-order chi connectivity index (χ1) is 12.1. The molecule has 4 nitrogen and oxygen atoms in total. The molecule has 0 aromatic carbocycles. The number of aryl methyl sites for hydroxylation is 1. The third-order valence-corrected chi connectivity index (χ3v) is 6.95. The molecule has 1 N–H and O–H groups in total. The van der Waals surface area contributed by atoms with Crippen molar-refractivity contribution in [3.05, 3.63) is 17.5 Å². The Labute approximate surface area is 151 Å². The van der Waals surface area contributed by atoms with Crippen molar-refractivity contribution in [2.75, 3.05) is 0 Å². The summed E-state index contributed by atoms with van der Waals surface area (Å²) in [6.07, 6.45) is 3.07. The molecule has 1 aromatic rings. The molecule has 1 atom stereocenters. The van der Waals surface area contributed by atoms with E-state index in [1.54, 1.807) is 0 Å². The first-order valence-electron chi connectivity index (χ1n) is 9.56. The lowest BCUT2D eigenvalue weighted by Gasteiger charge is -2.59. The predicted molar refractivity (Wildman–Crippen MR) is 90.2 cm³/mol. The average molecular weight is 369 g/mol. The quantitative estimate of drug-likeness (QED) is 0.874. The summed E-state index contributed by atoms with van der Waals surface area (Å²) >= 11 is 0. The molecule has 0 spiro atoms. The third kappa shape index (κ3) is 3.14. The zero-order valence-corrected chi connectivity index (χ0v) is 15.3. The van der Waals surface area contributed by atoms with E-state index in [0.717, 1.165) is 28.5 Å². The molecule has 1 amide bonds. The molecule has 4 fully saturated rings. The standard InChI is InChI=1S/C19H26F3N3O/c1-11-3-16(19(20,21)22)24-25(11)10-17(26)23-12(2)18-7-13-4-14(8-18)6-15(5-13)9-18/h3,12-15H,4-10H2,1-2H3,(H,23,26)/t12-,13?,14?,15?,18?/m1/s1. The van der Waals surface area contributed by atoms with Gasteiger partial charge in [0.2, 0.25) is 5.91 Å². The zero-order valence-electron chi connectivity index (χ0n) is 15.3. The van der Waals surface area contributed by atoms with Gasteiger partial charge in [0.05, 0.1) is 0 Å². The molecule has 7 heteroatoms. The van der Waals surface area contributed by atoms with Gasteiger partial charge < -0.3 is 5.32 Å². The van der Waals surface area contributed by atoms with E-state index in [4.69, 9.17) is 0 Å². The molecule has 0 saturated heterocycles. The highest BCUT2D eigenvalue weighted by atomic mass is 19.4. The van der Waals surface area contributed by atoms with Crippen LogP contribution in [0.5, 0.6) is 0 Å². The van der Waals surface area contributed by atoms with Gasteiger partial charge in [0.1, 0.15) is 6.54 Å². The third-order valence-electron chi connectivity index (χ3n) is 6.95. The second-order valence-electron chi connectivity index (χ2n) is 8.90. The smallest absolute Gasteiger partial charge is 0.351 e. The van der Waals surface area contributed by atoms with Crippen LogP contribution in [0.15, 0.2) is 6.07 Å². The summed E-state index contributed by atoms with van der Waals surface area (Å²) in [5, 5.41) is 6.63. The Morgan fingerprint density at radius 1 is 1.27 bits per heavy atom. The second kappa shape index (κ2) is 5.99. The largest absolute Gasteiger partial charge is 0.435 e. The lowest BCUT2D eigenvalue weighted by atomic mass is 9.48. The van der Waals surface area contributed by atoms with Crippen molar-refractivity contribution in [2.45, 2.75) is 71.1 Å². The summed E-state index contributed by atoms with van der Waals surface area (Å²) in [7, 11) is 0. The van der Waals surface area contributed by atoms with Crippen LogP contribution in [0.1, 0.15) is 56.8 Å². The molecule has 0 radical (unpaired) electrons. The summed E-state index contributed by atoms with van der Waals surface area (Å²) in [4.78, 5) is 12.5. The number of alkyl halides is 3. The molecule has 4 saturated carbocycles. The minimum atomic E-state index is -4.49. The van der Waals surface area contributed by atoms with Crippen LogP contribution in [0, 0.1) is 30.1 Å². The fraction of sp³-hybridized carbons (Fsp3) is 0.789. The van der Waals surface area contributed by atoms with Crippen molar-refractivity contribution in [1.29, 1.82) is 0 Å². The summed E-state index contributed by atoms with van der Waals surface area (Å²) in [6.45, 7) is 3.44. The number of halogens is 3. The van der Waals surface area contributed by atoms with E-state index >= 15 is 0 Å². The second-order valence-corrected chi connectivity index (χ2v) is 8.90. The lowest BCUT2D eigenvalue weighted by molar-refractivity contribution is -0.141. The van der Waals surface area contributed by atoms with Gasteiger partial charge in [0.25, 0.3) is 0 Å². The molecule has 1 aromatic heterocycles. The summed E-state index contributed by atoms with van der Waals surface area (Å²) in [5.41, 5.74) is -0.424. The monoisotopic (exact) mass is 369 g/mol. The Morgan fingerprint density at radius 3 is 2.27 bits per heavy atom. The van der Waals surface area contributed by atoms with Crippen molar-refractivity contribution >= 4 is 5.91 Å². The highest BCUT2D eigenvalue weighted by molar-refractivity contribution is 5.76. The Balaban J connectivity index is 1.42. The molecule has 0 aliphatic heterocycles. The molecule has 26 heavy (non-hydrogen) atoms. The van der Waals surface area contributed by atoms with Crippen molar-refractivity contribution in [1.82, 2.24) is 15.1 Å². The first kappa shape index (κ1) is 17.9. The molecule has 5 rings (SSSR count). The molecular weight excluding hydrogens is 343 g/mol. The number of rotatable bonds is 4. The molecule has 4 bridgehead atoms. The summed E-state index contributed by atoms with van der Waals surface area (Å²) in [6, 6.07) is 1.04. The van der Waals surface area contributed by atoms with Crippen LogP contribution in [0.4, 0.5) is 13.2 Å². The summed E-state index contributed by atoms with van der Waals surface area (Å²) in [5.74, 6) is 2.13. The van der Waals surface area contributed by atoms with Gasteiger partial charge in [-0.25, -0.2) is 0 Å². The molecule has 1 heterocycles. The van der Waals surface area contributed by atoms with Crippen LogP contribution in [0.3, 0.4) is 0 Å². The number of nitrogens with zero attached hydrogens (tertiary/aromatic N) is 2. The Kier molecular flexibility index (Phi) is 4.12. The van der Waals surface area contributed by atoms with E-state index in [9.17, 15) is 18.0 Å². The number of nitrogens with one attached hydrogen (secondary N) is 1. The lowest BCUT2D eigenvalue weighted by Crippen LogP contribution is -2.56. The number of aromatic nitrogens is 2. The van der Waals surface area contributed by atoms with Gasteiger partial charge in [0.15, 0.2) is 5.69 Å². The molecular formula is C19H26F3N3O. The predicted octanol–water partition coefficient (Wildman–Crippen LogP) is 3.93. The average Bonchev–Trinajstić information content (AvgIpc) is 2.87. The van der Waals surface area contributed by atoms with Crippen LogP contribution in [0.25, 0.3) is 0 Å². The van der Waals surface area contributed by atoms with Crippen LogP contribution in [-0.2, 0) is 17.5 Å². The Morgan fingerprint density at radius 2 is 1.81 bits per heavy atom. The van der Waals surface area contributed by atoms with E-state index in [0.29, 0.717) is 5.69 Å². The molecule has 0 unspecified atom stereocenters. The fourth-order valence-electron chi connectivity index (χ4n) is 6.09. The summed E-state index contributed by atoms with van der Waals surface area (Å²) < 4.78 is 39.5. The Bertz CT molecular complexity index is 674. The topological polar surface area (TPSA) is 46.9 Å². The maximum Gasteiger partial charge on any atom is 0.435 e. The van der Waals surface area contributed by atoms with Crippen LogP contribution in [0.2, 0.25) is 0 Å². The van der Waals surface area contributed by atoms with Crippen molar-refractivity contribution in [3.8, 4) is 0 Å². The zero-order chi connectivity index (χ0) is 18.7. The van der Waals surface area contributed by atoms with Crippen LogP contribution >= 0.6 is 0 Å². The van der Waals surface area contributed by atoms with Crippen molar-refractivity contribution in [3.63, 3.8) is 0 Å². The van der Waals surface area contributed by atoms with Gasteiger partial charge in [-0.05, 0) is 81.6 Å². The van der Waals surface area contributed by atoms with Gasteiger partial charge in [-0.2, -0.15) is 18.3 Å². The van der Waals surface area contributed by atoms with E-state index in [1.807, 2.05) is 0 Å². The highest BCUT2D eigenvalue weighted by Crippen LogP contribution is 2.61. The van der Waals surface area contributed by atoms with E-state index in [-0.39, 0.29) is 23.9 Å². The maximum atomic E-state index is 12.8. The van der Waals surface area contributed by atoms with Gasteiger partial charge in [-0.3, -0.25) is 9.48 Å². The van der Waals surface area contributed by atoms with Gasteiger partial charge in [0, 0.05) is 11.7 Å². The fourth-order valence-corrected chi connectivity index (χ4v) is 6.09. The minimum Gasteiger partial charge on any atom is -0.351 e. The number of hydrogen-bond donors (Lipinski definition) is 1. The van der Waals surface area contributed by atoms with Gasteiger partial charge in [-0.1, -0.05) is 0 Å². The number of hydrogen-bond acceptors (Lipinski definition) is 2. The van der Waals surface area contributed by atoms with Crippen LogP contribution < -0.4 is 5.32 Å². The number of carbonyl (C=O) groups is 1.